The molecule has 0 aliphatic rings. The number of amides is 1. The Morgan fingerprint density at radius 3 is 2.22 bits per heavy atom. The van der Waals surface area contributed by atoms with Crippen LogP contribution in [0.5, 0.6) is 5.75 Å². The fraction of sp³-hybridized carbons (Fsp3) is 0.188. The molecule has 0 fully saturated rings. The van der Waals surface area contributed by atoms with Crippen LogP contribution in [-0.2, 0) is 14.8 Å². The average Bonchev–Trinajstić information content (AvgIpc) is 2.56. The third kappa shape index (κ3) is 4.54. The van der Waals surface area contributed by atoms with Gasteiger partial charge in [0.2, 0.25) is 10.0 Å². The van der Waals surface area contributed by atoms with Crippen molar-refractivity contribution >= 4 is 21.6 Å². The molecule has 1 amide bonds. The van der Waals surface area contributed by atoms with Crippen LogP contribution < -0.4 is 14.8 Å². The lowest BCUT2D eigenvalue weighted by Gasteiger charge is -2.14. The molecular weight excluding hydrogens is 316 g/mol. The zero-order valence-corrected chi connectivity index (χ0v) is 13.6. The maximum atomic E-state index is 12.1. The molecule has 122 valence electrons. The van der Waals surface area contributed by atoms with E-state index < -0.39 is 16.1 Å². The maximum Gasteiger partial charge on any atom is 0.265 e. The Morgan fingerprint density at radius 1 is 1.04 bits per heavy atom. The van der Waals surface area contributed by atoms with Crippen LogP contribution in [0.2, 0.25) is 0 Å². The number of hydrogen-bond donors (Lipinski definition) is 2. The summed E-state index contributed by atoms with van der Waals surface area (Å²) in [6.07, 6.45) is -0.682. The summed E-state index contributed by atoms with van der Waals surface area (Å²) >= 11 is 0. The van der Waals surface area contributed by atoms with E-state index >= 15 is 0 Å². The van der Waals surface area contributed by atoms with E-state index in [1.807, 2.05) is 18.2 Å². The molecule has 2 rings (SSSR count). The molecule has 1 unspecified atom stereocenters. The van der Waals surface area contributed by atoms with Crippen LogP contribution in [0.4, 0.5) is 5.69 Å². The predicted molar refractivity (Wildman–Crippen MR) is 87.8 cm³/mol. The molecule has 0 saturated carbocycles. The topological polar surface area (TPSA) is 84.5 Å². The van der Waals surface area contributed by atoms with Crippen molar-refractivity contribution in [1.29, 1.82) is 0 Å². The standard InChI is InChI=1S/C16H18N2O4S/c1-12(22-14-6-4-3-5-7-14)16(19)18-13-8-10-15(11-9-13)23(20,21)17-2/h3-12,17H,1-2H3,(H,18,19). The van der Waals surface area contributed by atoms with Crippen molar-refractivity contribution in [2.45, 2.75) is 17.9 Å². The van der Waals surface area contributed by atoms with E-state index in [-0.39, 0.29) is 10.8 Å². The Bertz CT molecular complexity index is 758. The summed E-state index contributed by atoms with van der Waals surface area (Å²) in [4.78, 5) is 12.2. The van der Waals surface area contributed by atoms with E-state index in [1.54, 1.807) is 19.1 Å². The van der Waals surface area contributed by atoms with E-state index in [1.165, 1.54) is 31.3 Å². The molecule has 6 nitrogen and oxygen atoms in total. The number of benzene rings is 2. The summed E-state index contributed by atoms with van der Waals surface area (Å²) < 4.78 is 31.0. The quantitative estimate of drug-likeness (QED) is 0.846. The van der Waals surface area contributed by atoms with Gasteiger partial charge in [-0.1, -0.05) is 18.2 Å². The SMILES string of the molecule is CNS(=O)(=O)c1ccc(NC(=O)C(C)Oc2ccccc2)cc1. The highest BCUT2D eigenvalue weighted by molar-refractivity contribution is 7.89. The van der Waals surface area contributed by atoms with Crippen LogP contribution in [-0.4, -0.2) is 27.5 Å². The molecule has 7 heteroatoms. The molecule has 0 radical (unpaired) electrons. The Balaban J connectivity index is 2.00. The highest BCUT2D eigenvalue weighted by atomic mass is 32.2. The van der Waals surface area contributed by atoms with Gasteiger partial charge in [0.05, 0.1) is 4.90 Å². The van der Waals surface area contributed by atoms with Crippen molar-refractivity contribution in [1.82, 2.24) is 4.72 Å². The van der Waals surface area contributed by atoms with Crippen molar-refractivity contribution < 1.29 is 17.9 Å². The lowest BCUT2D eigenvalue weighted by atomic mass is 10.3. The van der Waals surface area contributed by atoms with Gasteiger partial charge in [0.25, 0.3) is 5.91 Å². The van der Waals surface area contributed by atoms with Gasteiger partial charge in [-0.15, -0.1) is 0 Å². The van der Waals surface area contributed by atoms with Crippen molar-refractivity contribution in [3.05, 3.63) is 54.6 Å². The lowest BCUT2D eigenvalue weighted by Crippen LogP contribution is -2.30. The molecular formula is C16H18N2O4S. The molecule has 1 atom stereocenters. The van der Waals surface area contributed by atoms with Crippen LogP contribution in [0.1, 0.15) is 6.92 Å². The second-order valence-corrected chi connectivity index (χ2v) is 6.68. The number of nitrogens with one attached hydrogen (secondary N) is 2. The van der Waals surface area contributed by atoms with Crippen LogP contribution in [0.3, 0.4) is 0 Å². The second kappa shape index (κ2) is 7.26. The number of para-hydroxylation sites is 1. The summed E-state index contributed by atoms with van der Waals surface area (Å²) in [6, 6.07) is 14.9. The summed E-state index contributed by atoms with van der Waals surface area (Å²) in [5, 5.41) is 2.68. The molecule has 2 aromatic rings. The average molecular weight is 334 g/mol. The molecule has 0 aromatic heterocycles. The molecule has 0 spiro atoms. The smallest absolute Gasteiger partial charge is 0.265 e. The molecule has 2 aromatic carbocycles. The van der Waals surface area contributed by atoms with Gasteiger partial charge in [-0.05, 0) is 50.4 Å². The first kappa shape index (κ1) is 17.0. The third-order valence-corrected chi connectivity index (χ3v) is 4.56. The Kier molecular flexibility index (Phi) is 5.36. The van der Waals surface area contributed by atoms with Gasteiger partial charge in [0.15, 0.2) is 6.10 Å². The van der Waals surface area contributed by atoms with Crippen molar-refractivity contribution in [2.24, 2.45) is 0 Å². The zero-order chi connectivity index (χ0) is 16.9. The lowest BCUT2D eigenvalue weighted by molar-refractivity contribution is -0.122. The minimum Gasteiger partial charge on any atom is -0.481 e. The van der Waals surface area contributed by atoms with Crippen molar-refractivity contribution in [3.8, 4) is 5.75 Å². The van der Waals surface area contributed by atoms with Crippen LogP contribution in [0.25, 0.3) is 0 Å². The summed E-state index contributed by atoms with van der Waals surface area (Å²) in [7, 11) is -2.15. The first-order valence-electron chi connectivity index (χ1n) is 6.98. The largest absolute Gasteiger partial charge is 0.481 e. The molecule has 0 saturated heterocycles. The van der Waals surface area contributed by atoms with Crippen LogP contribution >= 0.6 is 0 Å². The monoisotopic (exact) mass is 334 g/mol. The Hall–Kier alpha value is -2.38. The van der Waals surface area contributed by atoms with Gasteiger partial charge in [-0.2, -0.15) is 0 Å². The molecule has 2 N–H and O–H groups in total. The predicted octanol–water partition coefficient (Wildman–Crippen LogP) is 2.00. The summed E-state index contributed by atoms with van der Waals surface area (Å²) in [5.41, 5.74) is 0.494. The number of hydrogen-bond acceptors (Lipinski definition) is 4. The third-order valence-electron chi connectivity index (χ3n) is 3.13. The van der Waals surface area contributed by atoms with Gasteiger partial charge in [0, 0.05) is 5.69 Å². The highest BCUT2D eigenvalue weighted by Crippen LogP contribution is 2.15. The number of carbonyl (C=O) groups excluding carboxylic acids is 1. The molecule has 23 heavy (non-hydrogen) atoms. The van der Waals surface area contributed by atoms with Gasteiger partial charge in [0.1, 0.15) is 5.75 Å². The summed E-state index contributed by atoms with van der Waals surface area (Å²) in [5.74, 6) is 0.281. The van der Waals surface area contributed by atoms with Gasteiger partial charge < -0.3 is 10.1 Å². The first-order chi connectivity index (χ1) is 10.9. The zero-order valence-electron chi connectivity index (χ0n) is 12.8. The van der Waals surface area contributed by atoms with Crippen molar-refractivity contribution in [2.75, 3.05) is 12.4 Å². The van der Waals surface area contributed by atoms with Gasteiger partial charge >= 0.3 is 0 Å². The Labute approximate surface area is 135 Å². The number of ether oxygens (including phenoxy) is 1. The first-order valence-corrected chi connectivity index (χ1v) is 8.47. The fourth-order valence-corrected chi connectivity index (χ4v) is 2.57. The second-order valence-electron chi connectivity index (χ2n) is 4.79. The van der Waals surface area contributed by atoms with E-state index in [9.17, 15) is 13.2 Å². The minimum absolute atomic E-state index is 0.131. The minimum atomic E-state index is -3.49. The number of rotatable bonds is 6. The normalized spacial score (nSPS) is 12.4. The van der Waals surface area contributed by atoms with E-state index in [0.717, 1.165) is 0 Å². The number of anilines is 1. The van der Waals surface area contributed by atoms with Crippen LogP contribution in [0.15, 0.2) is 59.5 Å². The summed E-state index contributed by atoms with van der Waals surface area (Å²) in [6.45, 7) is 1.64. The van der Waals surface area contributed by atoms with Gasteiger partial charge in [-0.3, -0.25) is 4.79 Å². The number of carbonyl (C=O) groups is 1. The molecule has 0 aliphatic heterocycles. The number of sulfonamides is 1. The fourth-order valence-electron chi connectivity index (χ4n) is 1.84. The van der Waals surface area contributed by atoms with E-state index in [4.69, 9.17) is 4.74 Å². The molecule has 0 heterocycles. The van der Waals surface area contributed by atoms with Crippen molar-refractivity contribution in [3.63, 3.8) is 0 Å². The van der Waals surface area contributed by atoms with Crippen LogP contribution in [0, 0.1) is 0 Å². The Morgan fingerprint density at radius 2 is 1.65 bits per heavy atom. The van der Waals surface area contributed by atoms with E-state index in [2.05, 4.69) is 10.0 Å². The molecule has 0 aliphatic carbocycles. The maximum absolute atomic E-state index is 12.1. The highest BCUT2D eigenvalue weighted by Gasteiger charge is 2.16. The van der Waals surface area contributed by atoms with E-state index in [0.29, 0.717) is 11.4 Å². The van der Waals surface area contributed by atoms with Gasteiger partial charge in [-0.25, -0.2) is 13.1 Å². The molecule has 0 bridgehead atoms.